The Balaban J connectivity index is 1.24. The van der Waals surface area contributed by atoms with Gasteiger partial charge in [0.2, 0.25) is 11.6 Å². The van der Waals surface area contributed by atoms with Crippen LogP contribution < -0.4 is 10.6 Å². The minimum Gasteiger partial charge on any atom is -0.422 e. The third kappa shape index (κ3) is 4.80. The molecule has 3 aromatic heterocycles. The molecule has 0 spiro atoms. The van der Waals surface area contributed by atoms with Gasteiger partial charge >= 0.3 is 0 Å². The predicted molar refractivity (Wildman–Crippen MR) is 130 cm³/mol. The van der Waals surface area contributed by atoms with Crippen LogP contribution in [0, 0.1) is 0 Å². The van der Waals surface area contributed by atoms with Gasteiger partial charge in [-0.05, 0) is 80.1 Å². The number of carbonyl (C=O) groups excluding carboxylic acids is 1. The van der Waals surface area contributed by atoms with E-state index in [0.717, 1.165) is 36.8 Å². The summed E-state index contributed by atoms with van der Waals surface area (Å²) in [4.78, 5) is 20.7. The van der Waals surface area contributed by atoms with Crippen molar-refractivity contribution in [1.29, 1.82) is 0 Å². The number of furan rings is 1. The second-order valence-electron chi connectivity index (χ2n) is 8.43. The molecule has 0 atom stereocenters. The van der Waals surface area contributed by atoms with Crippen LogP contribution in [0.15, 0.2) is 83.2 Å². The molecule has 0 unspecified atom stereocenters. The summed E-state index contributed by atoms with van der Waals surface area (Å²) in [5, 5.41) is 7.48. The zero-order chi connectivity index (χ0) is 22.6. The first-order valence-corrected chi connectivity index (χ1v) is 11.3. The number of benzene rings is 1. The van der Waals surface area contributed by atoms with Gasteiger partial charge in [0.1, 0.15) is 0 Å². The van der Waals surface area contributed by atoms with Gasteiger partial charge in [-0.3, -0.25) is 9.78 Å². The lowest BCUT2D eigenvalue weighted by atomic mass is 9.86. The van der Waals surface area contributed by atoms with Crippen molar-refractivity contribution in [1.82, 2.24) is 15.3 Å². The van der Waals surface area contributed by atoms with E-state index in [0.29, 0.717) is 17.2 Å². The zero-order valence-corrected chi connectivity index (χ0v) is 18.5. The van der Waals surface area contributed by atoms with Crippen molar-refractivity contribution in [3.05, 3.63) is 89.9 Å². The molecule has 5 rings (SSSR count). The monoisotopic (exact) mass is 438 g/mol. The number of aromatic nitrogens is 2. The number of amides is 1. The Morgan fingerprint density at radius 1 is 1.00 bits per heavy atom. The number of nitrogens with one attached hydrogen (secondary N) is 2. The molecule has 1 aliphatic rings. The molecule has 3 heterocycles. The normalized spacial score (nSPS) is 15.9. The van der Waals surface area contributed by atoms with E-state index in [1.807, 2.05) is 24.3 Å². The Kier molecular flexibility index (Phi) is 5.89. The van der Waals surface area contributed by atoms with E-state index in [1.165, 1.54) is 16.7 Å². The van der Waals surface area contributed by atoms with Gasteiger partial charge in [0.05, 0.1) is 5.56 Å². The Bertz CT molecular complexity index is 1270. The van der Waals surface area contributed by atoms with Gasteiger partial charge in [0.25, 0.3) is 5.91 Å². The molecule has 166 valence electrons. The molecule has 1 amide bonds. The lowest BCUT2D eigenvalue weighted by Crippen LogP contribution is -2.36. The first-order chi connectivity index (χ1) is 16.2. The number of rotatable bonds is 5. The van der Waals surface area contributed by atoms with E-state index in [2.05, 4.69) is 45.7 Å². The molecular formula is C27H26N4O2. The lowest BCUT2D eigenvalue weighted by molar-refractivity contribution is 0.0930. The van der Waals surface area contributed by atoms with Crippen molar-refractivity contribution >= 4 is 34.2 Å². The topological polar surface area (TPSA) is 80.0 Å². The van der Waals surface area contributed by atoms with E-state index < -0.39 is 0 Å². The number of pyridine rings is 2. The van der Waals surface area contributed by atoms with Crippen LogP contribution in [0.2, 0.25) is 0 Å². The summed E-state index contributed by atoms with van der Waals surface area (Å²) in [5.41, 5.74) is 6.17. The highest BCUT2D eigenvalue weighted by Crippen LogP contribution is 2.32. The quantitative estimate of drug-likeness (QED) is 0.393. The smallest absolute Gasteiger partial charge is 0.253 e. The van der Waals surface area contributed by atoms with Crippen molar-refractivity contribution in [2.75, 3.05) is 5.32 Å². The van der Waals surface area contributed by atoms with E-state index in [4.69, 9.17) is 4.42 Å². The van der Waals surface area contributed by atoms with Crippen LogP contribution in [-0.4, -0.2) is 21.9 Å². The largest absolute Gasteiger partial charge is 0.422 e. The second kappa shape index (κ2) is 9.28. The molecule has 2 N–H and O–H groups in total. The summed E-state index contributed by atoms with van der Waals surface area (Å²) in [6, 6.07) is 18.0. The number of hydrogen-bond donors (Lipinski definition) is 2. The highest BCUT2D eigenvalue weighted by atomic mass is 16.4. The van der Waals surface area contributed by atoms with Gasteiger partial charge in [-0.15, -0.1) is 0 Å². The minimum atomic E-state index is -0.0446. The summed E-state index contributed by atoms with van der Waals surface area (Å²) in [6.45, 7) is 2.19. The van der Waals surface area contributed by atoms with E-state index in [9.17, 15) is 4.79 Å². The van der Waals surface area contributed by atoms with Gasteiger partial charge in [-0.1, -0.05) is 17.7 Å². The van der Waals surface area contributed by atoms with Crippen molar-refractivity contribution in [2.24, 2.45) is 0 Å². The Morgan fingerprint density at radius 3 is 2.61 bits per heavy atom. The maximum atomic E-state index is 12.4. The number of carbonyl (C=O) groups is 1. The Hall–Kier alpha value is -3.93. The number of nitrogens with zero attached hydrogens (tertiary/aromatic N) is 2. The van der Waals surface area contributed by atoms with Crippen LogP contribution >= 0.6 is 0 Å². The van der Waals surface area contributed by atoms with Crippen LogP contribution in [0.3, 0.4) is 0 Å². The highest BCUT2D eigenvalue weighted by molar-refractivity contribution is 5.94. The van der Waals surface area contributed by atoms with Crippen LogP contribution in [0.4, 0.5) is 11.6 Å². The summed E-state index contributed by atoms with van der Waals surface area (Å²) in [7, 11) is 0. The predicted octanol–water partition coefficient (Wildman–Crippen LogP) is 6.11. The fraction of sp³-hybridized carbons (Fsp3) is 0.222. The number of hydrogen-bond acceptors (Lipinski definition) is 5. The molecule has 6 heteroatoms. The van der Waals surface area contributed by atoms with Crippen molar-refractivity contribution in [2.45, 2.75) is 38.6 Å². The average molecular weight is 439 g/mol. The maximum Gasteiger partial charge on any atom is 0.253 e. The molecular weight excluding hydrogens is 412 g/mol. The summed E-state index contributed by atoms with van der Waals surface area (Å²) in [6.07, 6.45) is 8.87. The average Bonchev–Trinajstić information content (AvgIpc) is 3.27. The lowest BCUT2D eigenvalue weighted by Gasteiger charge is -2.26. The van der Waals surface area contributed by atoms with Crippen LogP contribution in [0.1, 0.15) is 48.5 Å². The van der Waals surface area contributed by atoms with Gasteiger partial charge in [0, 0.05) is 41.8 Å². The Morgan fingerprint density at radius 2 is 1.82 bits per heavy atom. The molecule has 0 bridgehead atoms. The van der Waals surface area contributed by atoms with Gasteiger partial charge in [-0.2, -0.15) is 0 Å². The summed E-state index contributed by atoms with van der Waals surface area (Å²) in [5.74, 6) is 0.632. The van der Waals surface area contributed by atoms with Gasteiger partial charge < -0.3 is 15.1 Å². The second-order valence-corrected chi connectivity index (χ2v) is 8.43. The summed E-state index contributed by atoms with van der Waals surface area (Å²) < 4.78 is 5.79. The molecule has 4 aromatic rings. The van der Waals surface area contributed by atoms with Crippen molar-refractivity contribution < 1.29 is 9.21 Å². The van der Waals surface area contributed by atoms with Crippen LogP contribution in [-0.2, 0) is 0 Å². The van der Waals surface area contributed by atoms with Crippen molar-refractivity contribution in [3.63, 3.8) is 0 Å². The number of fused-ring (bicyclic) bond motifs is 1. The molecule has 33 heavy (non-hydrogen) atoms. The molecule has 0 saturated heterocycles. The molecule has 1 aromatic carbocycles. The first kappa shape index (κ1) is 20.9. The molecule has 1 fully saturated rings. The van der Waals surface area contributed by atoms with E-state index in [1.54, 1.807) is 30.7 Å². The molecule has 1 aliphatic carbocycles. The SMILES string of the molecule is CC(=C1CCC(NC(=O)c2cccnc2)CC1)c1cccc(Nc2cc3cccnc3o2)c1. The van der Waals surface area contributed by atoms with Gasteiger partial charge in [-0.25, -0.2) is 4.98 Å². The highest BCUT2D eigenvalue weighted by Gasteiger charge is 2.20. The third-order valence-corrected chi connectivity index (χ3v) is 6.24. The van der Waals surface area contributed by atoms with Crippen molar-refractivity contribution in [3.8, 4) is 0 Å². The molecule has 0 radical (unpaired) electrons. The minimum absolute atomic E-state index is 0.0446. The third-order valence-electron chi connectivity index (χ3n) is 6.24. The maximum absolute atomic E-state index is 12.4. The molecule has 6 nitrogen and oxygen atoms in total. The van der Waals surface area contributed by atoms with Crippen LogP contribution in [0.25, 0.3) is 16.7 Å². The fourth-order valence-corrected chi connectivity index (χ4v) is 4.36. The Labute approximate surface area is 192 Å². The molecule has 1 saturated carbocycles. The number of allylic oxidation sites excluding steroid dienone is 2. The van der Waals surface area contributed by atoms with E-state index >= 15 is 0 Å². The van der Waals surface area contributed by atoms with Gasteiger partial charge in [0.15, 0.2) is 0 Å². The first-order valence-electron chi connectivity index (χ1n) is 11.3. The number of anilines is 2. The van der Waals surface area contributed by atoms with Crippen LogP contribution in [0.5, 0.6) is 0 Å². The summed E-state index contributed by atoms with van der Waals surface area (Å²) >= 11 is 0. The zero-order valence-electron chi connectivity index (χ0n) is 18.5. The molecule has 0 aliphatic heterocycles. The standard InChI is InChI=1S/C27H26N4O2/c1-18(19-9-11-23(12-10-19)31-26(32)22-7-3-13-28-17-22)20-5-2-8-24(15-20)30-25-16-21-6-4-14-29-27(21)33-25/h2-8,13-17,23,30H,9-12H2,1H3,(H,31,32). The fourth-order valence-electron chi connectivity index (χ4n) is 4.36. The van der Waals surface area contributed by atoms with E-state index in [-0.39, 0.29) is 11.9 Å².